The normalized spacial score (nSPS) is 25.8. The summed E-state index contributed by atoms with van der Waals surface area (Å²) in [5.74, 6) is 0.698. The molecule has 0 radical (unpaired) electrons. The molecule has 1 aliphatic rings. The number of hydrogen-bond acceptors (Lipinski definition) is 2. The van der Waals surface area contributed by atoms with E-state index in [1.54, 1.807) is 13.2 Å². The molecule has 1 aliphatic carbocycles. The van der Waals surface area contributed by atoms with Crippen molar-refractivity contribution in [3.63, 3.8) is 0 Å². The predicted octanol–water partition coefficient (Wildman–Crippen LogP) is 1.65. The van der Waals surface area contributed by atoms with Crippen LogP contribution < -0.4 is 10.5 Å². The lowest BCUT2D eigenvalue weighted by Gasteiger charge is -2.06. The standard InChI is InChI=1S/C10H12FNO/c1-13-10-4-6(11)2-3-7(10)8-5-9(8)12/h2-4,8-9H,5,12H2,1H3/t8-,9+/m0/s1. The van der Waals surface area contributed by atoms with E-state index in [1.165, 1.54) is 12.1 Å². The second-order valence-electron chi connectivity index (χ2n) is 3.39. The number of nitrogens with two attached hydrogens (primary N) is 1. The molecule has 2 N–H and O–H groups in total. The van der Waals surface area contributed by atoms with Gasteiger partial charge in [-0.2, -0.15) is 0 Å². The Morgan fingerprint density at radius 1 is 1.54 bits per heavy atom. The van der Waals surface area contributed by atoms with E-state index in [4.69, 9.17) is 10.5 Å². The zero-order valence-electron chi connectivity index (χ0n) is 7.46. The van der Waals surface area contributed by atoms with Crippen LogP contribution >= 0.6 is 0 Å². The summed E-state index contributed by atoms with van der Waals surface area (Å²) in [5, 5.41) is 0. The highest BCUT2D eigenvalue weighted by Gasteiger charge is 2.36. The largest absolute Gasteiger partial charge is 0.496 e. The van der Waals surface area contributed by atoms with Crippen LogP contribution in [0.15, 0.2) is 18.2 Å². The van der Waals surface area contributed by atoms with Crippen molar-refractivity contribution in [1.82, 2.24) is 0 Å². The van der Waals surface area contributed by atoms with Crippen molar-refractivity contribution in [1.29, 1.82) is 0 Å². The molecule has 2 nitrogen and oxygen atoms in total. The minimum Gasteiger partial charge on any atom is -0.496 e. The molecule has 1 aromatic carbocycles. The molecule has 70 valence electrons. The Hall–Kier alpha value is -1.09. The molecule has 0 aliphatic heterocycles. The minimum absolute atomic E-state index is 0.222. The van der Waals surface area contributed by atoms with Gasteiger partial charge < -0.3 is 10.5 Å². The molecule has 0 aromatic heterocycles. The smallest absolute Gasteiger partial charge is 0.126 e. The monoisotopic (exact) mass is 181 g/mol. The van der Waals surface area contributed by atoms with Gasteiger partial charge in [-0.3, -0.25) is 0 Å². The fraction of sp³-hybridized carbons (Fsp3) is 0.400. The highest BCUT2D eigenvalue weighted by atomic mass is 19.1. The third kappa shape index (κ3) is 1.52. The third-order valence-corrected chi connectivity index (χ3v) is 2.43. The first kappa shape index (κ1) is 8.51. The fourth-order valence-corrected chi connectivity index (χ4v) is 1.56. The molecular weight excluding hydrogens is 169 g/mol. The van der Waals surface area contributed by atoms with Gasteiger partial charge in [-0.25, -0.2) is 4.39 Å². The van der Waals surface area contributed by atoms with Gasteiger partial charge in [0.15, 0.2) is 0 Å². The van der Waals surface area contributed by atoms with Gasteiger partial charge in [0, 0.05) is 18.0 Å². The maximum atomic E-state index is 12.8. The first-order valence-electron chi connectivity index (χ1n) is 4.31. The fourth-order valence-electron chi connectivity index (χ4n) is 1.56. The van der Waals surface area contributed by atoms with Crippen LogP contribution in [0.2, 0.25) is 0 Å². The zero-order chi connectivity index (χ0) is 9.42. The predicted molar refractivity (Wildman–Crippen MR) is 48.3 cm³/mol. The van der Waals surface area contributed by atoms with Crippen molar-refractivity contribution in [2.24, 2.45) is 5.73 Å². The van der Waals surface area contributed by atoms with Crippen LogP contribution in [0.1, 0.15) is 17.9 Å². The van der Waals surface area contributed by atoms with Gasteiger partial charge in [-0.15, -0.1) is 0 Å². The molecular formula is C10H12FNO. The Morgan fingerprint density at radius 2 is 2.23 bits per heavy atom. The highest BCUT2D eigenvalue weighted by molar-refractivity contribution is 5.40. The molecule has 0 saturated heterocycles. The number of ether oxygens (including phenoxy) is 1. The first-order chi connectivity index (χ1) is 6.22. The summed E-state index contributed by atoms with van der Waals surface area (Å²) < 4.78 is 17.9. The summed E-state index contributed by atoms with van der Waals surface area (Å²) in [7, 11) is 1.55. The Morgan fingerprint density at radius 3 is 2.77 bits per heavy atom. The topological polar surface area (TPSA) is 35.2 Å². The van der Waals surface area contributed by atoms with Gasteiger partial charge in [0.2, 0.25) is 0 Å². The lowest BCUT2D eigenvalue weighted by Crippen LogP contribution is -2.02. The van der Waals surface area contributed by atoms with Crippen LogP contribution in [0.4, 0.5) is 4.39 Å². The van der Waals surface area contributed by atoms with E-state index < -0.39 is 0 Å². The summed E-state index contributed by atoms with van der Waals surface area (Å²) in [4.78, 5) is 0. The number of halogens is 1. The lowest BCUT2D eigenvalue weighted by molar-refractivity contribution is 0.406. The summed E-state index contributed by atoms with van der Waals surface area (Å²) >= 11 is 0. The van der Waals surface area contributed by atoms with Gasteiger partial charge in [0.1, 0.15) is 11.6 Å². The van der Waals surface area contributed by atoms with E-state index in [-0.39, 0.29) is 11.9 Å². The summed E-state index contributed by atoms with van der Waals surface area (Å²) in [5.41, 5.74) is 6.74. The maximum Gasteiger partial charge on any atom is 0.126 e. The van der Waals surface area contributed by atoms with Crippen molar-refractivity contribution >= 4 is 0 Å². The SMILES string of the molecule is COc1cc(F)ccc1[C@@H]1C[C@H]1N. The molecule has 13 heavy (non-hydrogen) atoms. The van der Waals surface area contributed by atoms with Crippen LogP contribution in [0.3, 0.4) is 0 Å². The Kier molecular flexibility index (Phi) is 1.96. The van der Waals surface area contributed by atoms with E-state index in [1.807, 2.05) is 0 Å². The Bertz CT molecular complexity index is 327. The van der Waals surface area contributed by atoms with Crippen LogP contribution in [-0.2, 0) is 0 Å². The number of rotatable bonds is 2. The number of methoxy groups -OCH3 is 1. The van der Waals surface area contributed by atoms with E-state index in [2.05, 4.69) is 0 Å². The number of benzene rings is 1. The Balaban J connectivity index is 2.34. The van der Waals surface area contributed by atoms with Crippen molar-refractivity contribution in [3.05, 3.63) is 29.6 Å². The maximum absolute atomic E-state index is 12.8. The Labute approximate surface area is 76.5 Å². The van der Waals surface area contributed by atoms with Crippen molar-refractivity contribution in [3.8, 4) is 5.75 Å². The quantitative estimate of drug-likeness (QED) is 0.752. The molecule has 3 heteroatoms. The molecule has 0 unspecified atom stereocenters. The van der Waals surface area contributed by atoms with Crippen LogP contribution in [-0.4, -0.2) is 13.2 Å². The summed E-state index contributed by atoms with van der Waals surface area (Å²) in [6, 6.07) is 4.83. The molecule has 0 heterocycles. The minimum atomic E-state index is -0.269. The van der Waals surface area contributed by atoms with Gasteiger partial charge in [0.05, 0.1) is 7.11 Å². The molecule has 1 fully saturated rings. The third-order valence-electron chi connectivity index (χ3n) is 2.43. The summed E-state index contributed by atoms with van der Waals surface area (Å²) in [6.07, 6.45) is 0.974. The van der Waals surface area contributed by atoms with Gasteiger partial charge in [0.25, 0.3) is 0 Å². The second-order valence-corrected chi connectivity index (χ2v) is 3.39. The second kappa shape index (κ2) is 3.00. The highest BCUT2D eigenvalue weighted by Crippen LogP contribution is 2.43. The van der Waals surface area contributed by atoms with Crippen LogP contribution in [0.5, 0.6) is 5.75 Å². The van der Waals surface area contributed by atoms with Crippen molar-refractivity contribution in [2.75, 3.05) is 7.11 Å². The van der Waals surface area contributed by atoms with E-state index in [9.17, 15) is 4.39 Å². The van der Waals surface area contributed by atoms with Gasteiger partial charge in [-0.05, 0) is 18.1 Å². The first-order valence-corrected chi connectivity index (χ1v) is 4.31. The van der Waals surface area contributed by atoms with Gasteiger partial charge in [-0.1, -0.05) is 6.07 Å². The van der Waals surface area contributed by atoms with Crippen molar-refractivity contribution < 1.29 is 9.13 Å². The molecule has 2 atom stereocenters. The van der Waals surface area contributed by atoms with Crippen molar-refractivity contribution in [2.45, 2.75) is 18.4 Å². The van der Waals surface area contributed by atoms with E-state index in [0.29, 0.717) is 11.7 Å². The average molecular weight is 181 g/mol. The van der Waals surface area contributed by atoms with Crippen LogP contribution in [0, 0.1) is 5.82 Å². The van der Waals surface area contributed by atoms with Gasteiger partial charge >= 0.3 is 0 Å². The van der Waals surface area contributed by atoms with E-state index >= 15 is 0 Å². The molecule has 1 aromatic rings. The summed E-state index contributed by atoms with van der Waals surface area (Å²) in [6.45, 7) is 0. The molecule has 1 saturated carbocycles. The molecule has 0 amide bonds. The van der Waals surface area contributed by atoms with E-state index in [0.717, 1.165) is 12.0 Å². The lowest BCUT2D eigenvalue weighted by atomic mass is 10.1. The zero-order valence-corrected chi connectivity index (χ0v) is 7.46. The van der Waals surface area contributed by atoms with Crippen LogP contribution in [0.25, 0.3) is 0 Å². The molecule has 2 rings (SSSR count). The molecule has 0 bridgehead atoms. The molecule has 0 spiro atoms. The average Bonchev–Trinajstić information content (AvgIpc) is 2.82. The number of hydrogen-bond donors (Lipinski definition) is 1.